The molecule has 2 aromatic rings. The average Bonchev–Trinajstić information content (AvgIpc) is 2.96. The van der Waals surface area contributed by atoms with Crippen LogP contribution >= 0.6 is 0 Å². The van der Waals surface area contributed by atoms with Gasteiger partial charge in [-0.25, -0.2) is 9.67 Å². The Bertz CT molecular complexity index is 712. The van der Waals surface area contributed by atoms with Crippen LogP contribution in [0.25, 0.3) is 5.82 Å². The Kier molecular flexibility index (Phi) is 5.05. The third-order valence-electron chi connectivity index (χ3n) is 3.72. The molecule has 2 aromatic heterocycles. The van der Waals surface area contributed by atoms with E-state index in [1.54, 1.807) is 17.1 Å². The second kappa shape index (κ2) is 6.99. The first-order valence-corrected chi connectivity index (χ1v) is 7.46. The first kappa shape index (κ1) is 15.9. The lowest BCUT2D eigenvalue weighted by Gasteiger charge is -2.12. The number of carbonyl (C=O) groups is 1. The van der Waals surface area contributed by atoms with Crippen LogP contribution in [0, 0.1) is 17.2 Å². The number of aromatic nitrogens is 3. The van der Waals surface area contributed by atoms with Crippen molar-refractivity contribution in [3.8, 4) is 11.9 Å². The lowest BCUT2D eigenvalue weighted by molar-refractivity contribution is 0.101. The molecule has 1 atom stereocenters. The molecule has 5 heteroatoms. The molecule has 0 fully saturated rings. The largest absolute Gasteiger partial charge is 0.293 e. The Morgan fingerprint density at radius 3 is 2.86 bits per heavy atom. The van der Waals surface area contributed by atoms with Gasteiger partial charge >= 0.3 is 0 Å². The fourth-order valence-electron chi connectivity index (χ4n) is 2.26. The van der Waals surface area contributed by atoms with Gasteiger partial charge < -0.3 is 0 Å². The summed E-state index contributed by atoms with van der Waals surface area (Å²) in [5, 5.41) is 12.9. The Hall–Kier alpha value is -2.48. The zero-order chi connectivity index (χ0) is 16.1. The van der Waals surface area contributed by atoms with Gasteiger partial charge in [0.05, 0.1) is 18.7 Å². The van der Waals surface area contributed by atoms with Crippen LogP contribution in [0.5, 0.6) is 0 Å². The number of hydrogen-bond acceptors (Lipinski definition) is 4. The van der Waals surface area contributed by atoms with E-state index >= 15 is 0 Å². The van der Waals surface area contributed by atoms with Crippen LogP contribution in [0.15, 0.2) is 24.5 Å². The molecule has 0 aliphatic heterocycles. The maximum atomic E-state index is 11.9. The van der Waals surface area contributed by atoms with Crippen LogP contribution in [0.2, 0.25) is 0 Å². The number of Topliss-reactive ketones (excluding diaryl/α,β-unsaturated/α-hetero) is 1. The van der Waals surface area contributed by atoms with Crippen LogP contribution < -0.4 is 0 Å². The monoisotopic (exact) mass is 296 g/mol. The smallest absolute Gasteiger partial charge is 0.178 e. The van der Waals surface area contributed by atoms with E-state index in [1.807, 2.05) is 12.1 Å². The van der Waals surface area contributed by atoms with Crippen LogP contribution in [0.1, 0.15) is 48.8 Å². The van der Waals surface area contributed by atoms with Crippen LogP contribution in [-0.2, 0) is 12.8 Å². The molecule has 0 spiro atoms. The molecular formula is C17H20N4O. The van der Waals surface area contributed by atoms with Gasteiger partial charge in [0.15, 0.2) is 11.6 Å². The molecule has 0 aromatic carbocycles. The summed E-state index contributed by atoms with van der Waals surface area (Å²) < 4.78 is 1.60. The highest BCUT2D eigenvalue weighted by Crippen LogP contribution is 2.17. The van der Waals surface area contributed by atoms with Crippen molar-refractivity contribution in [1.82, 2.24) is 14.8 Å². The van der Waals surface area contributed by atoms with E-state index in [4.69, 9.17) is 5.26 Å². The van der Waals surface area contributed by atoms with Gasteiger partial charge in [-0.2, -0.15) is 10.4 Å². The van der Waals surface area contributed by atoms with E-state index < -0.39 is 0 Å². The standard InChI is InChI=1S/C17H20N4O/c1-4-12(2)9-15-5-6-16(20-17(15)13(3)22)21-11-14(7-8-18)10-19-21/h5-6,10-12H,4,7,9H2,1-3H3. The van der Waals surface area contributed by atoms with E-state index in [0.29, 0.717) is 23.9 Å². The minimum Gasteiger partial charge on any atom is -0.293 e. The van der Waals surface area contributed by atoms with Crippen molar-refractivity contribution in [2.45, 2.75) is 40.0 Å². The van der Waals surface area contributed by atoms with Crippen molar-refractivity contribution in [2.24, 2.45) is 5.92 Å². The number of nitriles is 1. The van der Waals surface area contributed by atoms with E-state index in [1.165, 1.54) is 6.92 Å². The zero-order valence-corrected chi connectivity index (χ0v) is 13.2. The number of nitrogens with zero attached hydrogens (tertiary/aromatic N) is 4. The minimum atomic E-state index is -0.0374. The molecular weight excluding hydrogens is 276 g/mol. The van der Waals surface area contributed by atoms with E-state index in [9.17, 15) is 4.79 Å². The Morgan fingerprint density at radius 1 is 1.45 bits per heavy atom. The highest BCUT2D eigenvalue weighted by Gasteiger charge is 2.14. The molecule has 2 heterocycles. The summed E-state index contributed by atoms with van der Waals surface area (Å²) in [5.74, 6) is 1.07. The van der Waals surface area contributed by atoms with Crippen molar-refractivity contribution in [3.63, 3.8) is 0 Å². The SMILES string of the molecule is CCC(C)Cc1ccc(-n2cc(CC#N)cn2)nc1C(C)=O. The first-order valence-electron chi connectivity index (χ1n) is 7.46. The predicted molar refractivity (Wildman–Crippen MR) is 83.8 cm³/mol. The molecule has 0 amide bonds. The molecule has 0 N–H and O–H groups in total. The number of rotatable bonds is 6. The first-order chi connectivity index (χ1) is 10.5. The predicted octanol–water partition coefficient (Wildman–Crippen LogP) is 3.12. The van der Waals surface area contributed by atoms with Gasteiger partial charge in [0, 0.05) is 18.7 Å². The summed E-state index contributed by atoms with van der Waals surface area (Å²) in [5.41, 5.74) is 2.32. The van der Waals surface area contributed by atoms with Crippen LogP contribution in [0.4, 0.5) is 0 Å². The van der Waals surface area contributed by atoms with Crippen molar-refractivity contribution in [3.05, 3.63) is 41.3 Å². The molecule has 0 aliphatic carbocycles. The summed E-state index contributed by atoms with van der Waals surface area (Å²) in [7, 11) is 0. The summed E-state index contributed by atoms with van der Waals surface area (Å²) in [6.07, 6.45) is 5.63. The van der Waals surface area contributed by atoms with Crippen molar-refractivity contribution in [1.29, 1.82) is 5.26 Å². The highest BCUT2D eigenvalue weighted by atomic mass is 16.1. The molecule has 0 bridgehead atoms. The van der Waals surface area contributed by atoms with Gasteiger partial charge in [-0.05, 0) is 24.0 Å². The van der Waals surface area contributed by atoms with Gasteiger partial charge in [-0.15, -0.1) is 0 Å². The second-order valence-electron chi connectivity index (χ2n) is 5.58. The summed E-state index contributed by atoms with van der Waals surface area (Å²) in [6.45, 7) is 5.84. The topological polar surface area (TPSA) is 71.6 Å². The Labute approximate surface area is 130 Å². The molecule has 2 rings (SSSR count). The second-order valence-corrected chi connectivity index (χ2v) is 5.58. The Balaban J connectivity index is 2.36. The lowest BCUT2D eigenvalue weighted by Crippen LogP contribution is -2.10. The number of pyridine rings is 1. The third-order valence-corrected chi connectivity index (χ3v) is 3.72. The van der Waals surface area contributed by atoms with E-state index in [2.05, 4.69) is 30.0 Å². The van der Waals surface area contributed by atoms with Crippen LogP contribution in [-0.4, -0.2) is 20.5 Å². The van der Waals surface area contributed by atoms with Gasteiger partial charge in [-0.1, -0.05) is 26.3 Å². The highest BCUT2D eigenvalue weighted by molar-refractivity contribution is 5.93. The number of hydrogen-bond donors (Lipinski definition) is 0. The molecule has 0 aliphatic rings. The summed E-state index contributed by atoms with van der Waals surface area (Å²) in [6, 6.07) is 5.91. The Morgan fingerprint density at radius 2 is 2.23 bits per heavy atom. The maximum absolute atomic E-state index is 11.9. The van der Waals surface area contributed by atoms with Crippen molar-refractivity contribution >= 4 is 5.78 Å². The summed E-state index contributed by atoms with van der Waals surface area (Å²) in [4.78, 5) is 16.4. The molecule has 22 heavy (non-hydrogen) atoms. The quantitative estimate of drug-likeness (QED) is 0.768. The van der Waals surface area contributed by atoms with Crippen molar-refractivity contribution < 1.29 is 4.79 Å². The van der Waals surface area contributed by atoms with Gasteiger partial charge in [0.2, 0.25) is 0 Å². The van der Waals surface area contributed by atoms with Gasteiger partial charge in [0.25, 0.3) is 0 Å². The van der Waals surface area contributed by atoms with Gasteiger partial charge in [-0.3, -0.25) is 4.79 Å². The normalized spacial score (nSPS) is 11.9. The molecule has 0 saturated heterocycles. The number of carbonyl (C=O) groups excluding carboxylic acids is 1. The maximum Gasteiger partial charge on any atom is 0.178 e. The summed E-state index contributed by atoms with van der Waals surface area (Å²) >= 11 is 0. The van der Waals surface area contributed by atoms with Gasteiger partial charge in [0.1, 0.15) is 5.69 Å². The fraction of sp³-hybridized carbons (Fsp3) is 0.412. The van der Waals surface area contributed by atoms with E-state index in [0.717, 1.165) is 24.0 Å². The zero-order valence-electron chi connectivity index (χ0n) is 13.2. The lowest BCUT2D eigenvalue weighted by atomic mass is 9.97. The molecule has 1 unspecified atom stereocenters. The third kappa shape index (κ3) is 3.59. The average molecular weight is 296 g/mol. The minimum absolute atomic E-state index is 0.0374. The molecule has 114 valence electrons. The van der Waals surface area contributed by atoms with Crippen LogP contribution in [0.3, 0.4) is 0 Å². The van der Waals surface area contributed by atoms with Crippen molar-refractivity contribution in [2.75, 3.05) is 0 Å². The molecule has 0 saturated carbocycles. The molecule has 5 nitrogen and oxygen atoms in total. The molecule has 0 radical (unpaired) electrons. The number of ketones is 1. The van der Waals surface area contributed by atoms with E-state index in [-0.39, 0.29) is 5.78 Å². The fourth-order valence-corrected chi connectivity index (χ4v) is 2.26.